The first-order valence-corrected chi connectivity index (χ1v) is 12.0. The van der Waals surface area contributed by atoms with Gasteiger partial charge in [0.15, 0.2) is 11.6 Å². The van der Waals surface area contributed by atoms with Crippen molar-refractivity contribution in [2.24, 2.45) is 0 Å². The highest BCUT2D eigenvalue weighted by Gasteiger charge is 2.50. The minimum Gasteiger partial charge on any atom is -0.395 e. The summed E-state index contributed by atoms with van der Waals surface area (Å²) in [4.78, 5) is 0. The molecule has 3 atom stereocenters. The van der Waals surface area contributed by atoms with E-state index < -0.39 is 31.6 Å². The van der Waals surface area contributed by atoms with Crippen LogP contribution in [0, 0.1) is 0 Å². The molecule has 9 heteroatoms. The van der Waals surface area contributed by atoms with E-state index in [1.54, 1.807) is 48.5 Å². The van der Waals surface area contributed by atoms with Gasteiger partial charge in [0, 0.05) is 0 Å². The highest BCUT2D eigenvalue weighted by atomic mass is 31.2. The Morgan fingerprint density at radius 3 is 1.91 bits per heavy atom. The molecule has 2 fully saturated rings. The predicted molar refractivity (Wildman–Crippen MR) is 116 cm³/mol. The second kappa shape index (κ2) is 9.14. The van der Waals surface area contributed by atoms with Crippen molar-refractivity contribution in [1.82, 2.24) is 0 Å². The first-order valence-electron chi connectivity index (χ1n) is 10.5. The smallest absolute Gasteiger partial charge is 0.395 e. The lowest BCUT2D eigenvalue weighted by Crippen LogP contribution is -2.40. The topological polar surface area (TPSA) is 81.7 Å². The van der Waals surface area contributed by atoms with Crippen molar-refractivity contribution in [2.75, 3.05) is 13.2 Å². The lowest BCUT2D eigenvalue weighted by Gasteiger charge is -2.25. The first-order chi connectivity index (χ1) is 15.1. The number of ether oxygens (including phenoxy) is 4. The van der Waals surface area contributed by atoms with Gasteiger partial charge in [0.25, 0.3) is 0 Å². The molecule has 0 aliphatic carbocycles. The van der Waals surface area contributed by atoms with Gasteiger partial charge >= 0.3 is 7.82 Å². The highest BCUT2D eigenvalue weighted by Crippen LogP contribution is 2.50. The van der Waals surface area contributed by atoms with Gasteiger partial charge in [-0.25, -0.2) is 4.57 Å². The summed E-state index contributed by atoms with van der Waals surface area (Å²) >= 11 is 0. The molecule has 2 aliphatic heterocycles. The van der Waals surface area contributed by atoms with Crippen molar-refractivity contribution in [3.05, 3.63) is 60.7 Å². The summed E-state index contributed by atoms with van der Waals surface area (Å²) in [6.07, 6.45) is -1.40. The van der Waals surface area contributed by atoms with E-state index in [9.17, 15) is 4.57 Å². The van der Waals surface area contributed by atoms with E-state index >= 15 is 0 Å². The molecule has 0 bridgehead atoms. The van der Waals surface area contributed by atoms with E-state index in [-0.39, 0.29) is 12.7 Å². The maximum Gasteiger partial charge on any atom is 0.587 e. The number of hydrogen-bond acceptors (Lipinski definition) is 8. The van der Waals surface area contributed by atoms with Crippen LogP contribution in [0.2, 0.25) is 0 Å². The summed E-state index contributed by atoms with van der Waals surface area (Å²) in [5.41, 5.74) is 0. The Bertz CT molecular complexity index is 888. The zero-order valence-electron chi connectivity index (χ0n) is 18.6. The molecule has 2 aliphatic rings. The van der Waals surface area contributed by atoms with Crippen LogP contribution in [-0.2, 0) is 28.0 Å². The monoisotopic (exact) mass is 464 g/mol. The summed E-state index contributed by atoms with van der Waals surface area (Å²) in [5.74, 6) is -0.851. The van der Waals surface area contributed by atoms with Crippen molar-refractivity contribution >= 4 is 7.82 Å². The van der Waals surface area contributed by atoms with Crippen LogP contribution in [0.1, 0.15) is 27.7 Å². The van der Waals surface area contributed by atoms with Crippen LogP contribution < -0.4 is 9.05 Å². The summed E-state index contributed by atoms with van der Waals surface area (Å²) in [6, 6.07) is 17.5. The first kappa shape index (κ1) is 23.2. The Hall–Kier alpha value is -1.93. The van der Waals surface area contributed by atoms with Crippen LogP contribution in [0.3, 0.4) is 0 Å². The lowest BCUT2D eigenvalue weighted by atomic mass is 10.1. The molecule has 2 aromatic rings. The van der Waals surface area contributed by atoms with E-state index in [1.807, 2.05) is 39.8 Å². The number of rotatable bonds is 8. The van der Waals surface area contributed by atoms with Crippen molar-refractivity contribution in [2.45, 2.75) is 57.6 Å². The van der Waals surface area contributed by atoms with E-state index in [4.69, 9.17) is 32.5 Å². The Kier molecular flexibility index (Phi) is 6.63. The molecule has 0 radical (unpaired) electrons. The molecule has 2 heterocycles. The fraction of sp³-hybridized carbons (Fsp3) is 0.478. The molecule has 32 heavy (non-hydrogen) atoms. The van der Waals surface area contributed by atoms with Crippen LogP contribution >= 0.6 is 7.82 Å². The Labute approximate surface area is 188 Å². The molecule has 174 valence electrons. The number of para-hydroxylation sites is 2. The van der Waals surface area contributed by atoms with Crippen molar-refractivity contribution in [3.63, 3.8) is 0 Å². The second-order valence-electron chi connectivity index (χ2n) is 8.56. The van der Waals surface area contributed by atoms with E-state index in [0.717, 1.165) is 0 Å². The van der Waals surface area contributed by atoms with Crippen molar-refractivity contribution in [3.8, 4) is 11.5 Å². The molecular formula is C23H29O8P. The molecule has 4 rings (SSSR count). The van der Waals surface area contributed by atoms with Gasteiger partial charge in [-0.1, -0.05) is 36.4 Å². The minimum absolute atomic E-state index is 0.0919. The van der Waals surface area contributed by atoms with E-state index in [1.165, 1.54) is 0 Å². The van der Waals surface area contributed by atoms with Gasteiger partial charge < -0.3 is 28.0 Å². The minimum atomic E-state index is -4.05. The third-order valence-corrected chi connectivity index (χ3v) is 6.27. The zero-order valence-corrected chi connectivity index (χ0v) is 19.5. The summed E-state index contributed by atoms with van der Waals surface area (Å²) < 4.78 is 54.4. The SMILES string of the molecule is CC1(C)OC[C@@H]([C@H]2OC(C)(C)O[C@@H]2COP(=O)(Oc2ccccc2)Oc2ccccc2)O1. The van der Waals surface area contributed by atoms with E-state index in [2.05, 4.69) is 0 Å². The van der Waals surface area contributed by atoms with Gasteiger partial charge in [0.1, 0.15) is 29.8 Å². The molecular weight excluding hydrogens is 435 g/mol. The van der Waals surface area contributed by atoms with Gasteiger partial charge in [-0.2, -0.15) is 0 Å². The van der Waals surface area contributed by atoms with E-state index in [0.29, 0.717) is 18.1 Å². The van der Waals surface area contributed by atoms with Crippen LogP contribution in [-0.4, -0.2) is 43.1 Å². The van der Waals surface area contributed by atoms with Gasteiger partial charge in [0.2, 0.25) is 0 Å². The highest BCUT2D eigenvalue weighted by molar-refractivity contribution is 7.49. The van der Waals surface area contributed by atoms with Crippen LogP contribution in [0.25, 0.3) is 0 Å². The Balaban J connectivity index is 1.50. The number of benzene rings is 2. The molecule has 0 aromatic heterocycles. The third kappa shape index (κ3) is 5.90. The molecule has 0 unspecified atom stereocenters. The number of phosphoric acid groups is 1. The number of hydrogen-bond donors (Lipinski definition) is 0. The molecule has 0 spiro atoms. The Morgan fingerprint density at radius 1 is 0.844 bits per heavy atom. The summed E-state index contributed by atoms with van der Waals surface area (Å²) in [5, 5.41) is 0. The van der Waals surface area contributed by atoms with Gasteiger partial charge in [0.05, 0.1) is 13.2 Å². The molecule has 8 nitrogen and oxygen atoms in total. The van der Waals surface area contributed by atoms with Crippen LogP contribution in [0.5, 0.6) is 11.5 Å². The zero-order chi connectivity index (χ0) is 22.8. The fourth-order valence-corrected chi connectivity index (χ4v) is 4.87. The van der Waals surface area contributed by atoms with Crippen molar-refractivity contribution < 1.29 is 37.1 Å². The number of phosphoric ester groups is 1. The molecule has 0 N–H and O–H groups in total. The molecule has 2 aromatic carbocycles. The maximum absolute atomic E-state index is 13.6. The summed E-state index contributed by atoms with van der Waals surface area (Å²) in [6.45, 7) is 7.56. The Morgan fingerprint density at radius 2 is 1.41 bits per heavy atom. The second-order valence-corrected chi connectivity index (χ2v) is 10.1. The van der Waals surface area contributed by atoms with Crippen molar-refractivity contribution in [1.29, 1.82) is 0 Å². The lowest BCUT2D eigenvalue weighted by molar-refractivity contribution is -0.174. The predicted octanol–water partition coefficient (Wildman–Crippen LogP) is 4.94. The maximum atomic E-state index is 13.6. The van der Waals surface area contributed by atoms with Crippen LogP contribution in [0.15, 0.2) is 60.7 Å². The fourth-order valence-electron chi connectivity index (χ4n) is 3.64. The van der Waals surface area contributed by atoms with Gasteiger partial charge in [-0.05, 0) is 52.0 Å². The molecule has 2 saturated heterocycles. The average Bonchev–Trinajstić information content (AvgIpc) is 3.26. The van der Waals surface area contributed by atoms with Crippen LogP contribution in [0.4, 0.5) is 0 Å². The van der Waals surface area contributed by atoms with Gasteiger partial charge in [-0.3, -0.25) is 4.52 Å². The normalized spacial score (nSPS) is 26.7. The average molecular weight is 464 g/mol. The molecule has 0 amide bonds. The third-order valence-electron chi connectivity index (χ3n) is 4.94. The largest absolute Gasteiger partial charge is 0.587 e. The standard InChI is InChI=1S/C23H29O8P/c1-22(2)25-15-19(27-22)21-20(28-23(3,4)29-21)16-26-32(24,30-17-11-7-5-8-12-17)31-18-13-9-6-10-14-18/h5-14,19-21H,15-16H2,1-4H3/t19-,20+,21+/m0/s1. The molecule has 0 saturated carbocycles. The van der Waals surface area contributed by atoms with Gasteiger partial charge in [-0.15, -0.1) is 0 Å². The quantitative estimate of drug-likeness (QED) is 0.508. The summed E-state index contributed by atoms with van der Waals surface area (Å²) in [7, 11) is -4.05.